The van der Waals surface area contributed by atoms with Crippen molar-refractivity contribution < 1.29 is 19.1 Å². The molecule has 5 rings (SSSR count). The first-order valence-corrected chi connectivity index (χ1v) is 12.5. The Labute approximate surface area is 204 Å². The maximum Gasteiger partial charge on any atom is 0.274 e. The van der Waals surface area contributed by atoms with Crippen LogP contribution in [0.15, 0.2) is 24.3 Å². The van der Waals surface area contributed by atoms with Gasteiger partial charge >= 0.3 is 0 Å². The van der Waals surface area contributed by atoms with Crippen LogP contribution in [0.4, 0.5) is 0 Å². The molecule has 1 aliphatic carbocycles. The summed E-state index contributed by atoms with van der Waals surface area (Å²) in [5, 5.41) is 5.30. The Balaban J connectivity index is 1.21. The van der Waals surface area contributed by atoms with Crippen molar-refractivity contribution in [2.75, 3.05) is 32.8 Å². The zero-order valence-corrected chi connectivity index (χ0v) is 20.3. The molecule has 1 aromatic carbocycles. The van der Waals surface area contributed by atoms with Gasteiger partial charge in [0.2, 0.25) is 5.91 Å². The molecule has 3 heterocycles. The lowest BCUT2D eigenvalue weighted by atomic mass is 10.1. The molecule has 8 nitrogen and oxygen atoms in total. The molecule has 2 amide bonds. The molecule has 0 spiro atoms. The summed E-state index contributed by atoms with van der Waals surface area (Å²) in [6, 6.07) is 7.41. The van der Waals surface area contributed by atoms with E-state index < -0.39 is 0 Å². The number of hydrogen-bond donors (Lipinski definition) is 0. The summed E-state index contributed by atoms with van der Waals surface area (Å²) in [6.07, 6.45) is 4.34. The van der Waals surface area contributed by atoms with Gasteiger partial charge in [-0.25, -0.2) is 0 Å². The number of nitrogens with zero attached hydrogens (tertiary/aromatic N) is 4. The molecule has 1 atom stereocenters. The molecule has 0 radical (unpaired) electrons. The number of fused-ring (bicyclic) bond motifs is 1. The van der Waals surface area contributed by atoms with Crippen molar-refractivity contribution >= 4 is 23.4 Å². The lowest BCUT2D eigenvalue weighted by Gasteiger charge is -2.32. The predicted octanol–water partition coefficient (Wildman–Crippen LogP) is 2.96. The lowest BCUT2D eigenvalue weighted by Crippen LogP contribution is -2.45. The quantitative estimate of drug-likeness (QED) is 0.649. The van der Waals surface area contributed by atoms with E-state index in [4.69, 9.17) is 21.1 Å². The second kappa shape index (κ2) is 9.96. The topological polar surface area (TPSA) is 76.9 Å². The van der Waals surface area contributed by atoms with Gasteiger partial charge in [0.1, 0.15) is 18.4 Å². The number of benzene rings is 1. The van der Waals surface area contributed by atoms with Gasteiger partial charge in [-0.05, 0) is 44.4 Å². The highest BCUT2D eigenvalue weighted by Crippen LogP contribution is 2.27. The van der Waals surface area contributed by atoms with Gasteiger partial charge in [-0.3, -0.25) is 14.3 Å². The number of carbonyl (C=O) groups is 2. The van der Waals surface area contributed by atoms with Gasteiger partial charge in [-0.1, -0.05) is 17.7 Å². The Morgan fingerprint density at radius 1 is 1.18 bits per heavy atom. The van der Waals surface area contributed by atoms with Crippen LogP contribution < -0.4 is 4.74 Å². The van der Waals surface area contributed by atoms with Crippen LogP contribution in [-0.4, -0.2) is 76.4 Å². The molecule has 0 saturated carbocycles. The van der Waals surface area contributed by atoms with Gasteiger partial charge < -0.3 is 19.3 Å². The van der Waals surface area contributed by atoms with Gasteiger partial charge in [0.05, 0.1) is 12.7 Å². The lowest BCUT2D eigenvalue weighted by molar-refractivity contribution is -0.133. The molecule has 0 unspecified atom stereocenters. The standard InChI is InChI=1S/C25H31ClN4O4/c1-17-15-29(12-13-33-17)25(32)24-21-6-3-7-22(21)30(27-24)16-23(31)28-10-8-19(9-11-28)34-20-5-2-4-18(26)14-20/h2,4-5,14,17,19H,3,6-13,15-16H2,1H3/t17-/m0/s1. The Morgan fingerprint density at radius 3 is 2.76 bits per heavy atom. The van der Waals surface area contributed by atoms with Crippen LogP contribution in [0.5, 0.6) is 5.75 Å². The molecule has 0 bridgehead atoms. The number of likely N-dealkylation sites (tertiary alicyclic amines) is 1. The Morgan fingerprint density at radius 2 is 2.00 bits per heavy atom. The minimum Gasteiger partial charge on any atom is -0.490 e. The number of amides is 2. The normalized spacial score (nSPS) is 20.9. The number of halogens is 1. The number of carbonyl (C=O) groups excluding carboxylic acids is 2. The van der Waals surface area contributed by atoms with Crippen LogP contribution in [0.25, 0.3) is 0 Å². The molecule has 0 N–H and O–H groups in total. The highest BCUT2D eigenvalue weighted by molar-refractivity contribution is 6.30. The van der Waals surface area contributed by atoms with Crippen molar-refractivity contribution in [2.24, 2.45) is 0 Å². The second-order valence-electron chi connectivity index (χ2n) is 9.37. The maximum absolute atomic E-state index is 13.2. The van der Waals surface area contributed by atoms with Gasteiger partial charge in [0, 0.05) is 55.3 Å². The number of rotatable bonds is 5. The van der Waals surface area contributed by atoms with Gasteiger partial charge in [0.25, 0.3) is 5.91 Å². The zero-order valence-electron chi connectivity index (χ0n) is 19.5. The summed E-state index contributed by atoms with van der Waals surface area (Å²) in [7, 11) is 0. The van der Waals surface area contributed by atoms with Crippen molar-refractivity contribution in [3.8, 4) is 5.75 Å². The highest BCUT2D eigenvalue weighted by atomic mass is 35.5. The number of ether oxygens (including phenoxy) is 2. The van der Waals surface area contributed by atoms with Crippen LogP contribution in [0, 0.1) is 0 Å². The first-order chi connectivity index (χ1) is 16.5. The predicted molar refractivity (Wildman–Crippen MR) is 127 cm³/mol. The number of morpholine rings is 1. The molecule has 182 valence electrons. The van der Waals surface area contributed by atoms with Crippen molar-refractivity contribution in [1.82, 2.24) is 19.6 Å². The summed E-state index contributed by atoms with van der Waals surface area (Å²) >= 11 is 6.05. The molecule has 2 fully saturated rings. The fraction of sp³-hybridized carbons (Fsp3) is 0.560. The van der Waals surface area contributed by atoms with Crippen molar-refractivity contribution in [2.45, 2.75) is 57.8 Å². The summed E-state index contributed by atoms with van der Waals surface area (Å²) in [5.41, 5.74) is 2.57. The van der Waals surface area contributed by atoms with Crippen molar-refractivity contribution in [3.05, 3.63) is 46.2 Å². The SMILES string of the molecule is C[C@H]1CN(C(=O)c2nn(CC(=O)N3CCC(Oc4cccc(Cl)c4)CC3)c3c2CCC3)CCO1. The Hall–Kier alpha value is -2.58. The first-order valence-electron chi connectivity index (χ1n) is 12.2. The Kier molecular flexibility index (Phi) is 6.79. The third-order valence-corrected chi connectivity index (χ3v) is 7.15. The number of hydrogen-bond acceptors (Lipinski definition) is 5. The van der Waals surface area contributed by atoms with Crippen molar-refractivity contribution in [1.29, 1.82) is 0 Å². The van der Waals surface area contributed by atoms with Crippen LogP contribution in [0.2, 0.25) is 5.02 Å². The third-order valence-electron chi connectivity index (χ3n) is 6.92. The monoisotopic (exact) mass is 486 g/mol. The average molecular weight is 487 g/mol. The van der Waals surface area contributed by atoms with Gasteiger partial charge in [0.15, 0.2) is 5.69 Å². The first kappa shape index (κ1) is 23.2. The van der Waals surface area contributed by atoms with Gasteiger partial charge in [-0.15, -0.1) is 0 Å². The molecular formula is C25H31ClN4O4. The van der Waals surface area contributed by atoms with Crippen LogP contribution >= 0.6 is 11.6 Å². The fourth-order valence-electron chi connectivity index (χ4n) is 5.15. The summed E-state index contributed by atoms with van der Waals surface area (Å²) in [4.78, 5) is 30.0. The summed E-state index contributed by atoms with van der Waals surface area (Å²) < 4.78 is 13.4. The van der Waals surface area contributed by atoms with Gasteiger partial charge in [-0.2, -0.15) is 5.10 Å². The van der Waals surface area contributed by atoms with E-state index in [1.807, 2.05) is 41.0 Å². The third kappa shape index (κ3) is 4.93. The highest BCUT2D eigenvalue weighted by Gasteiger charge is 2.32. The second-order valence-corrected chi connectivity index (χ2v) is 9.81. The minimum absolute atomic E-state index is 0.0280. The number of piperidine rings is 1. The molecule has 2 aromatic rings. The minimum atomic E-state index is -0.0431. The van der Waals surface area contributed by atoms with Crippen LogP contribution in [0.1, 0.15) is 47.9 Å². The molecule has 2 aliphatic heterocycles. The molecule has 3 aliphatic rings. The van der Waals surface area contributed by atoms with E-state index in [-0.39, 0.29) is 30.6 Å². The van der Waals surface area contributed by atoms with Crippen LogP contribution in [-0.2, 0) is 28.9 Å². The Bertz CT molecular complexity index is 1060. The smallest absolute Gasteiger partial charge is 0.274 e. The van der Waals surface area contributed by atoms with E-state index in [0.29, 0.717) is 43.5 Å². The van der Waals surface area contributed by atoms with E-state index in [9.17, 15) is 9.59 Å². The molecule has 1 aromatic heterocycles. The fourth-order valence-corrected chi connectivity index (χ4v) is 5.33. The molecule has 9 heteroatoms. The number of aromatic nitrogens is 2. The summed E-state index contributed by atoms with van der Waals surface area (Å²) in [5.74, 6) is 0.757. The average Bonchev–Trinajstić information content (AvgIpc) is 3.43. The van der Waals surface area contributed by atoms with Crippen LogP contribution in [0.3, 0.4) is 0 Å². The van der Waals surface area contributed by atoms with E-state index >= 15 is 0 Å². The maximum atomic E-state index is 13.2. The van der Waals surface area contributed by atoms with E-state index in [1.165, 1.54) is 0 Å². The molecule has 34 heavy (non-hydrogen) atoms. The van der Waals surface area contributed by atoms with E-state index in [1.54, 1.807) is 4.68 Å². The van der Waals surface area contributed by atoms with Crippen molar-refractivity contribution in [3.63, 3.8) is 0 Å². The molecule has 2 saturated heterocycles. The van der Waals surface area contributed by atoms with E-state index in [0.717, 1.165) is 49.1 Å². The largest absolute Gasteiger partial charge is 0.490 e. The zero-order chi connectivity index (χ0) is 23.7. The van der Waals surface area contributed by atoms with E-state index in [2.05, 4.69) is 5.10 Å². The summed E-state index contributed by atoms with van der Waals surface area (Å²) in [6.45, 7) is 5.14. The molecular weight excluding hydrogens is 456 g/mol.